The van der Waals surface area contributed by atoms with Gasteiger partial charge in [-0.25, -0.2) is 0 Å². The molecule has 0 aliphatic rings. The van der Waals surface area contributed by atoms with Crippen LogP contribution in [-0.2, 0) is 4.74 Å². The van der Waals surface area contributed by atoms with E-state index in [4.69, 9.17) is 10.5 Å². The number of ether oxygens (including phenoxy) is 1. The molecular weight excluding hydrogens is 138 g/mol. The lowest BCUT2D eigenvalue weighted by molar-refractivity contribution is 0.120. The minimum Gasteiger partial charge on any atom is -0.380 e. The predicted molar refractivity (Wildman–Crippen MR) is 48.5 cm³/mol. The molecule has 0 heterocycles. The molecule has 0 unspecified atom stereocenters. The van der Waals surface area contributed by atoms with Crippen molar-refractivity contribution in [3.63, 3.8) is 0 Å². The van der Waals surface area contributed by atoms with Crippen molar-refractivity contribution in [3.05, 3.63) is 0 Å². The highest BCUT2D eigenvalue weighted by Gasteiger charge is 2.15. The van der Waals surface area contributed by atoms with Crippen molar-refractivity contribution < 1.29 is 4.74 Å². The van der Waals surface area contributed by atoms with Gasteiger partial charge in [0.25, 0.3) is 0 Å². The summed E-state index contributed by atoms with van der Waals surface area (Å²) in [6.07, 6.45) is 1.02. The predicted octanol–water partition coefficient (Wildman–Crippen LogP) is 1.79. The SMILES string of the molecule is CCOC[C@H](N)CC(C)(C)C. The first-order valence-corrected chi connectivity index (χ1v) is 4.29. The van der Waals surface area contributed by atoms with Gasteiger partial charge in [0.2, 0.25) is 0 Å². The van der Waals surface area contributed by atoms with Crippen LogP contribution in [0.3, 0.4) is 0 Å². The van der Waals surface area contributed by atoms with E-state index in [0.717, 1.165) is 13.0 Å². The molecule has 0 aromatic rings. The zero-order chi connectivity index (χ0) is 8.91. The van der Waals surface area contributed by atoms with E-state index in [1.807, 2.05) is 6.92 Å². The molecule has 2 nitrogen and oxygen atoms in total. The Labute approximate surface area is 70.1 Å². The Balaban J connectivity index is 3.44. The number of hydrogen-bond acceptors (Lipinski definition) is 2. The van der Waals surface area contributed by atoms with Crippen molar-refractivity contribution in [2.24, 2.45) is 11.1 Å². The van der Waals surface area contributed by atoms with Crippen LogP contribution in [0.4, 0.5) is 0 Å². The Kier molecular flexibility index (Phi) is 4.69. The average molecular weight is 159 g/mol. The lowest BCUT2D eigenvalue weighted by Gasteiger charge is -2.22. The summed E-state index contributed by atoms with van der Waals surface area (Å²) in [7, 11) is 0. The van der Waals surface area contributed by atoms with Gasteiger partial charge < -0.3 is 10.5 Å². The summed E-state index contributed by atoms with van der Waals surface area (Å²) in [4.78, 5) is 0. The van der Waals surface area contributed by atoms with Crippen LogP contribution < -0.4 is 5.73 Å². The number of nitrogens with two attached hydrogens (primary N) is 1. The lowest BCUT2D eigenvalue weighted by atomic mass is 9.89. The van der Waals surface area contributed by atoms with E-state index in [9.17, 15) is 0 Å². The Morgan fingerprint density at radius 2 is 1.91 bits per heavy atom. The van der Waals surface area contributed by atoms with Crippen molar-refractivity contribution in [3.8, 4) is 0 Å². The summed E-state index contributed by atoms with van der Waals surface area (Å²) < 4.78 is 5.22. The van der Waals surface area contributed by atoms with E-state index in [-0.39, 0.29) is 6.04 Å². The second-order valence-electron chi connectivity index (χ2n) is 4.18. The molecule has 0 saturated heterocycles. The van der Waals surface area contributed by atoms with Crippen LogP contribution in [0.5, 0.6) is 0 Å². The Morgan fingerprint density at radius 3 is 2.27 bits per heavy atom. The fourth-order valence-corrected chi connectivity index (χ4v) is 1.11. The van der Waals surface area contributed by atoms with Crippen molar-refractivity contribution in [2.45, 2.75) is 40.2 Å². The molecule has 0 aliphatic carbocycles. The van der Waals surface area contributed by atoms with Gasteiger partial charge in [-0.05, 0) is 18.8 Å². The molecule has 0 rings (SSSR count). The van der Waals surface area contributed by atoms with Gasteiger partial charge in [-0.3, -0.25) is 0 Å². The van der Waals surface area contributed by atoms with E-state index in [1.165, 1.54) is 0 Å². The van der Waals surface area contributed by atoms with Crippen molar-refractivity contribution >= 4 is 0 Å². The highest BCUT2D eigenvalue weighted by Crippen LogP contribution is 2.19. The van der Waals surface area contributed by atoms with Crippen molar-refractivity contribution in [1.29, 1.82) is 0 Å². The molecule has 0 spiro atoms. The van der Waals surface area contributed by atoms with Gasteiger partial charge in [-0.15, -0.1) is 0 Å². The third kappa shape index (κ3) is 7.82. The van der Waals surface area contributed by atoms with Crippen LogP contribution >= 0.6 is 0 Å². The first kappa shape index (κ1) is 10.9. The Morgan fingerprint density at radius 1 is 1.36 bits per heavy atom. The third-order valence-corrected chi connectivity index (χ3v) is 1.41. The van der Waals surface area contributed by atoms with Crippen LogP contribution in [0.1, 0.15) is 34.1 Å². The minimum atomic E-state index is 0.190. The van der Waals surface area contributed by atoms with Crippen LogP contribution in [0.15, 0.2) is 0 Å². The van der Waals surface area contributed by atoms with E-state index in [2.05, 4.69) is 20.8 Å². The maximum Gasteiger partial charge on any atom is 0.0617 e. The normalized spacial score (nSPS) is 15.0. The van der Waals surface area contributed by atoms with E-state index < -0.39 is 0 Å². The van der Waals surface area contributed by atoms with Gasteiger partial charge in [0.15, 0.2) is 0 Å². The van der Waals surface area contributed by atoms with Crippen molar-refractivity contribution in [1.82, 2.24) is 0 Å². The van der Waals surface area contributed by atoms with Gasteiger partial charge in [-0.2, -0.15) is 0 Å². The first-order chi connectivity index (χ1) is 4.95. The molecule has 0 aliphatic heterocycles. The molecule has 68 valence electrons. The molecule has 2 heteroatoms. The van der Waals surface area contributed by atoms with Gasteiger partial charge >= 0.3 is 0 Å². The second kappa shape index (κ2) is 4.73. The zero-order valence-corrected chi connectivity index (χ0v) is 8.18. The summed E-state index contributed by atoms with van der Waals surface area (Å²) in [5.41, 5.74) is 6.14. The molecule has 11 heavy (non-hydrogen) atoms. The largest absolute Gasteiger partial charge is 0.380 e. The van der Waals surface area contributed by atoms with Crippen LogP contribution in [0.2, 0.25) is 0 Å². The Bertz CT molecular complexity index is 96.2. The van der Waals surface area contributed by atoms with Gasteiger partial charge in [0, 0.05) is 12.6 Å². The minimum absolute atomic E-state index is 0.190. The molecule has 0 saturated carbocycles. The number of rotatable bonds is 4. The monoisotopic (exact) mass is 159 g/mol. The molecule has 1 atom stereocenters. The van der Waals surface area contributed by atoms with Crippen LogP contribution in [-0.4, -0.2) is 19.3 Å². The summed E-state index contributed by atoms with van der Waals surface area (Å²) in [6.45, 7) is 10.0. The molecule has 2 N–H and O–H groups in total. The maximum atomic E-state index is 5.82. The molecule has 0 aromatic carbocycles. The quantitative estimate of drug-likeness (QED) is 0.678. The highest BCUT2D eigenvalue weighted by atomic mass is 16.5. The van der Waals surface area contributed by atoms with Gasteiger partial charge in [0.05, 0.1) is 6.61 Å². The first-order valence-electron chi connectivity index (χ1n) is 4.29. The summed E-state index contributed by atoms with van der Waals surface area (Å²) in [5.74, 6) is 0. The van der Waals surface area contributed by atoms with Gasteiger partial charge in [-0.1, -0.05) is 20.8 Å². The average Bonchev–Trinajstić information content (AvgIpc) is 1.79. The van der Waals surface area contributed by atoms with Crippen LogP contribution in [0.25, 0.3) is 0 Å². The smallest absolute Gasteiger partial charge is 0.0617 e. The molecule has 0 bridgehead atoms. The zero-order valence-electron chi connectivity index (χ0n) is 8.18. The third-order valence-electron chi connectivity index (χ3n) is 1.41. The lowest BCUT2D eigenvalue weighted by Crippen LogP contribution is -2.30. The molecule has 0 amide bonds. The standard InChI is InChI=1S/C9H21NO/c1-5-11-7-8(10)6-9(2,3)4/h8H,5-7,10H2,1-4H3/t8-/m1/s1. The summed E-state index contributed by atoms with van der Waals surface area (Å²) in [6, 6.07) is 0.190. The van der Waals surface area contributed by atoms with Crippen LogP contribution in [0, 0.1) is 5.41 Å². The highest BCUT2D eigenvalue weighted by molar-refractivity contribution is 4.70. The molecule has 0 fully saturated rings. The molecular formula is C9H21NO. The number of hydrogen-bond donors (Lipinski definition) is 1. The second-order valence-corrected chi connectivity index (χ2v) is 4.18. The fraction of sp³-hybridized carbons (Fsp3) is 1.00. The maximum absolute atomic E-state index is 5.82. The summed E-state index contributed by atoms with van der Waals surface area (Å²) >= 11 is 0. The van der Waals surface area contributed by atoms with Gasteiger partial charge in [0.1, 0.15) is 0 Å². The Hall–Kier alpha value is -0.0800. The van der Waals surface area contributed by atoms with E-state index >= 15 is 0 Å². The molecule has 0 aromatic heterocycles. The summed E-state index contributed by atoms with van der Waals surface area (Å²) in [5, 5.41) is 0. The fourth-order valence-electron chi connectivity index (χ4n) is 1.11. The topological polar surface area (TPSA) is 35.2 Å². The molecule has 0 radical (unpaired) electrons. The van der Waals surface area contributed by atoms with Crippen molar-refractivity contribution in [2.75, 3.05) is 13.2 Å². The van der Waals surface area contributed by atoms with E-state index in [0.29, 0.717) is 12.0 Å². The van der Waals surface area contributed by atoms with E-state index in [1.54, 1.807) is 0 Å².